The van der Waals surface area contributed by atoms with Crippen molar-refractivity contribution in [3.05, 3.63) is 0 Å². The molecule has 6 atom stereocenters. The predicted molar refractivity (Wildman–Crippen MR) is 206 cm³/mol. The molecular formula is C40H76O12S. The lowest BCUT2D eigenvalue weighted by atomic mass is 10.00. The minimum Gasteiger partial charge on any atom is -0.462 e. The Morgan fingerprint density at radius 3 is 1.38 bits per heavy atom. The summed E-state index contributed by atoms with van der Waals surface area (Å²) >= 11 is 0. The van der Waals surface area contributed by atoms with Gasteiger partial charge in [0.1, 0.15) is 36.8 Å². The maximum atomic E-state index is 12.7. The van der Waals surface area contributed by atoms with Crippen molar-refractivity contribution in [3.8, 4) is 0 Å². The standard InChI is InChI=1S/C40H76O12S/c1-3-5-7-9-11-13-15-17-19-21-23-25-27-29-36(42)51-33(31-50-40-39(45)38(44)37(43)34(52-40)32-53(46,47)48)30-49-35(41)28-26-24-22-20-18-16-14-12-10-8-6-4-2/h33-34,37-40,43-45H,3-32H2,1-2H3,(H,46,47,48)/t33-,34+,37+,38-,39+,40-/m0/s1. The SMILES string of the molecule is CCCCCCCCCCCCCCCC(=O)O[C@@H](COC(=O)CCCCCCCCCCCCCC)CO[C@H]1O[C@H](CS(=O)(=O)O)[C@@H](O)[C@H](O)[C@H]1O. The third kappa shape index (κ3) is 27.0. The summed E-state index contributed by atoms with van der Waals surface area (Å²) < 4.78 is 53.9. The molecule has 0 amide bonds. The molecule has 0 radical (unpaired) electrons. The number of aliphatic hydroxyl groups is 3. The van der Waals surface area contributed by atoms with Gasteiger partial charge in [-0.25, -0.2) is 0 Å². The Bertz CT molecular complexity index is 1010. The van der Waals surface area contributed by atoms with Gasteiger partial charge in [-0.15, -0.1) is 0 Å². The Morgan fingerprint density at radius 2 is 0.962 bits per heavy atom. The summed E-state index contributed by atoms with van der Waals surface area (Å²) in [6, 6.07) is 0. The molecule has 1 rings (SSSR count). The van der Waals surface area contributed by atoms with E-state index in [9.17, 15) is 37.9 Å². The fourth-order valence-corrected chi connectivity index (χ4v) is 7.31. The number of hydrogen-bond acceptors (Lipinski definition) is 11. The fraction of sp³-hybridized carbons (Fsp3) is 0.950. The monoisotopic (exact) mass is 781 g/mol. The summed E-state index contributed by atoms with van der Waals surface area (Å²) in [5.74, 6) is -1.97. The largest absolute Gasteiger partial charge is 0.462 e. The van der Waals surface area contributed by atoms with E-state index in [2.05, 4.69) is 13.8 Å². The summed E-state index contributed by atoms with van der Waals surface area (Å²) in [6.45, 7) is 3.75. The van der Waals surface area contributed by atoms with Crippen LogP contribution in [0.4, 0.5) is 0 Å². The van der Waals surface area contributed by atoms with Crippen molar-refractivity contribution < 1.29 is 56.8 Å². The highest BCUT2D eigenvalue weighted by Crippen LogP contribution is 2.24. The molecule has 0 aromatic carbocycles. The molecule has 53 heavy (non-hydrogen) atoms. The van der Waals surface area contributed by atoms with E-state index in [1.807, 2.05) is 0 Å². The smallest absolute Gasteiger partial charge is 0.306 e. The second kappa shape index (κ2) is 31.8. The molecule has 12 nitrogen and oxygen atoms in total. The fourth-order valence-electron chi connectivity index (χ4n) is 6.62. The average Bonchev–Trinajstić information content (AvgIpc) is 3.12. The molecule has 0 saturated carbocycles. The second-order valence-corrected chi connectivity index (χ2v) is 16.5. The zero-order chi connectivity index (χ0) is 39.2. The molecule has 0 bridgehead atoms. The Hall–Kier alpha value is -1.35. The Kier molecular flexibility index (Phi) is 29.8. The molecule has 0 aromatic rings. The van der Waals surface area contributed by atoms with Crippen LogP contribution in [0.5, 0.6) is 0 Å². The van der Waals surface area contributed by atoms with Gasteiger partial charge in [-0.3, -0.25) is 14.1 Å². The van der Waals surface area contributed by atoms with Crippen LogP contribution in [0.15, 0.2) is 0 Å². The third-order valence-electron chi connectivity index (χ3n) is 9.94. The van der Waals surface area contributed by atoms with Crippen molar-refractivity contribution in [2.24, 2.45) is 0 Å². The first kappa shape index (κ1) is 49.7. The Morgan fingerprint density at radius 1 is 0.566 bits per heavy atom. The van der Waals surface area contributed by atoms with E-state index in [0.717, 1.165) is 38.5 Å². The van der Waals surface area contributed by atoms with Crippen LogP contribution in [-0.4, -0.2) is 96.0 Å². The summed E-state index contributed by atoms with van der Waals surface area (Å²) in [4.78, 5) is 25.3. The zero-order valence-electron chi connectivity index (χ0n) is 33.1. The predicted octanol–water partition coefficient (Wildman–Crippen LogP) is 7.73. The van der Waals surface area contributed by atoms with Crippen LogP contribution < -0.4 is 0 Å². The van der Waals surface area contributed by atoms with Gasteiger partial charge in [0.15, 0.2) is 12.4 Å². The first-order valence-electron chi connectivity index (χ1n) is 21.1. The number of carbonyl (C=O) groups is 2. The second-order valence-electron chi connectivity index (χ2n) is 15.0. The van der Waals surface area contributed by atoms with Crippen molar-refractivity contribution in [2.75, 3.05) is 19.0 Å². The van der Waals surface area contributed by atoms with Gasteiger partial charge in [0.25, 0.3) is 10.1 Å². The van der Waals surface area contributed by atoms with Gasteiger partial charge in [0.2, 0.25) is 0 Å². The van der Waals surface area contributed by atoms with Gasteiger partial charge in [0.05, 0.1) is 6.61 Å². The topological polar surface area (TPSA) is 186 Å². The van der Waals surface area contributed by atoms with E-state index >= 15 is 0 Å². The average molecular weight is 781 g/mol. The molecule has 0 unspecified atom stereocenters. The number of ether oxygens (including phenoxy) is 4. The molecule has 13 heteroatoms. The molecule has 4 N–H and O–H groups in total. The van der Waals surface area contributed by atoms with Crippen molar-refractivity contribution in [1.29, 1.82) is 0 Å². The summed E-state index contributed by atoms with van der Waals surface area (Å²) in [7, 11) is -4.59. The maximum absolute atomic E-state index is 12.7. The number of carbonyl (C=O) groups excluding carboxylic acids is 2. The highest BCUT2D eigenvalue weighted by atomic mass is 32.2. The first-order valence-corrected chi connectivity index (χ1v) is 22.7. The number of unbranched alkanes of at least 4 members (excludes halogenated alkanes) is 23. The summed E-state index contributed by atoms with van der Waals surface area (Å²) in [6.07, 6.45) is 20.1. The van der Waals surface area contributed by atoms with Crippen LogP contribution >= 0.6 is 0 Å². The lowest BCUT2D eigenvalue weighted by molar-refractivity contribution is -0.297. The molecule has 0 aliphatic carbocycles. The van der Waals surface area contributed by atoms with E-state index in [0.29, 0.717) is 12.8 Å². The van der Waals surface area contributed by atoms with Gasteiger partial charge >= 0.3 is 11.9 Å². The molecule has 1 fully saturated rings. The summed E-state index contributed by atoms with van der Waals surface area (Å²) in [5.41, 5.74) is 0. The quantitative estimate of drug-likeness (QED) is 0.0279. The number of aliphatic hydroxyl groups excluding tert-OH is 3. The maximum Gasteiger partial charge on any atom is 0.306 e. The zero-order valence-corrected chi connectivity index (χ0v) is 34.0. The first-order chi connectivity index (χ1) is 25.5. The molecular weight excluding hydrogens is 704 g/mol. The van der Waals surface area contributed by atoms with Crippen LogP contribution in [0.3, 0.4) is 0 Å². The number of hydrogen-bond donors (Lipinski definition) is 4. The van der Waals surface area contributed by atoms with Crippen molar-refractivity contribution in [3.63, 3.8) is 0 Å². The number of esters is 2. The molecule has 1 saturated heterocycles. The Balaban J connectivity index is 2.48. The van der Waals surface area contributed by atoms with Crippen LogP contribution in [0.1, 0.15) is 187 Å². The molecule has 0 aromatic heterocycles. The van der Waals surface area contributed by atoms with E-state index in [1.54, 1.807) is 0 Å². The van der Waals surface area contributed by atoms with E-state index in [-0.39, 0.29) is 19.4 Å². The summed E-state index contributed by atoms with van der Waals surface area (Å²) in [5, 5.41) is 30.8. The normalized spacial score (nSPS) is 21.1. The van der Waals surface area contributed by atoms with Gasteiger partial charge in [0, 0.05) is 12.8 Å². The lowest BCUT2D eigenvalue weighted by Gasteiger charge is -2.40. The van der Waals surface area contributed by atoms with Crippen molar-refractivity contribution in [2.45, 2.75) is 224 Å². The molecule has 0 spiro atoms. The van der Waals surface area contributed by atoms with Gasteiger partial charge in [-0.2, -0.15) is 8.42 Å². The highest BCUT2D eigenvalue weighted by Gasteiger charge is 2.46. The van der Waals surface area contributed by atoms with Gasteiger partial charge in [-0.1, -0.05) is 162 Å². The third-order valence-corrected chi connectivity index (χ3v) is 10.7. The molecule has 1 aliphatic rings. The Labute approximate surface area is 321 Å². The number of rotatable bonds is 35. The molecule has 1 aliphatic heterocycles. The van der Waals surface area contributed by atoms with Crippen LogP contribution in [-0.2, 0) is 38.7 Å². The lowest BCUT2D eigenvalue weighted by Crippen LogP contribution is -2.60. The van der Waals surface area contributed by atoms with E-state index < -0.39 is 71.2 Å². The van der Waals surface area contributed by atoms with E-state index in [4.69, 9.17) is 18.9 Å². The minimum absolute atomic E-state index is 0.172. The van der Waals surface area contributed by atoms with Gasteiger partial charge < -0.3 is 34.3 Å². The van der Waals surface area contributed by atoms with Crippen LogP contribution in [0.25, 0.3) is 0 Å². The van der Waals surface area contributed by atoms with Crippen molar-refractivity contribution >= 4 is 22.1 Å². The van der Waals surface area contributed by atoms with Crippen LogP contribution in [0, 0.1) is 0 Å². The molecule has 1 heterocycles. The minimum atomic E-state index is -4.59. The van der Waals surface area contributed by atoms with Crippen LogP contribution in [0.2, 0.25) is 0 Å². The van der Waals surface area contributed by atoms with E-state index in [1.165, 1.54) is 109 Å². The van der Waals surface area contributed by atoms with Gasteiger partial charge in [-0.05, 0) is 12.8 Å². The van der Waals surface area contributed by atoms with Crippen molar-refractivity contribution in [1.82, 2.24) is 0 Å². The molecule has 314 valence electrons. The highest BCUT2D eigenvalue weighted by molar-refractivity contribution is 7.85.